The molecule has 3 nitrogen and oxygen atoms in total. The third-order valence-corrected chi connectivity index (χ3v) is 5.00. The fourth-order valence-corrected chi connectivity index (χ4v) is 3.20. The van der Waals surface area contributed by atoms with Crippen LogP contribution in [0, 0.1) is 11.6 Å². The van der Waals surface area contributed by atoms with Crippen LogP contribution in [-0.2, 0) is 13.1 Å². The second-order valence-electron chi connectivity index (χ2n) is 6.27. The van der Waals surface area contributed by atoms with E-state index in [0.717, 1.165) is 28.7 Å². The molecule has 0 N–H and O–H groups in total. The molecule has 28 heavy (non-hydrogen) atoms. The number of hydrogen-bond acceptors (Lipinski definition) is 3. The Hall–Kier alpha value is -2.60. The molecule has 0 aliphatic carbocycles. The zero-order chi connectivity index (χ0) is 20.1. The van der Waals surface area contributed by atoms with Crippen molar-refractivity contribution in [3.8, 4) is 11.5 Å². The number of nitrogens with zero attached hydrogens (tertiary/aromatic N) is 1. The molecule has 0 amide bonds. The van der Waals surface area contributed by atoms with Crippen LogP contribution in [0.5, 0.6) is 11.5 Å². The van der Waals surface area contributed by atoms with Gasteiger partial charge in [-0.2, -0.15) is 0 Å². The van der Waals surface area contributed by atoms with Gasteiger partial charge in [0.15, 0.2) is 0 Å². The summed E-state index contributed by atoms with van der Waals surface area (Å²) in [6, 6.07) is 17.4. The molecule has 3 aromatic carbocycles. The van der Waals surface area contributed by atoms with Crippen molar-refractivity contribution in [1.29, 1.82) is 0 Å². The van der Waals surface area contributed by atoms with Crippen LogP contribution in [0.15, 0.2) is 65.1 Å². The van der Waals surface area contributed by atoms with Crippen molar-refractivity contribution in [2.75, 3.05) is 19.1 Å². The van der Waals surface area contributed by atoms with Gasteiger partial charge in [0.25, 0.3) is 0 Å². The highest BCUT2D eigenvalue weighted by molar-refractivity contribution is 9.10. The van der Waals surface area contributed by atoms with Crippen molar-refractivity contribution in [1.82, 2.24) is 0 Å². The lowest BCUT2D eigenvalue weighted by molar-refractivity contribution is 0.414. The molecule has 0 saturated heterocycles. The number of anilines is 1. The van der Waals surface area contributed by atoms with Gasteiger partial charge in [-0.25, -0.2) is 8.78 Å². The van der Waals surface area contributed by atoms with Crippen LogP contribution in [0.4, 0.5) is 14.5 Å². The largest absolute Gasteiger partial charge is 0.497 e. The third kappa shape index (κ3) is 4.81. The Balaban J connectivity index is 1.93. The van der Waals surface area contributed by atoms with E-state index in [1.54, 1.807) is 19.1 Å². The molecule has 0 spiro atoms. The van der Waals surface area contributed by atoms with Gasteiger partial charge in [-0.15, -0.1) is 0 Å². The Labute approximate surface area is 171 Å². The normalized spacial score (nSPS) is 10.6. The fraction of sp³-hybridized carbons (Fsp3) is 0.182. The Morgan fingerprint density at radius 2 is 1.21 bits per heavy atom. The van der Waals surface area contributed by atoms with Gasteiger partial charge < -0.3 is 14.4 Å². The molecule has 3 rings (SSSR count). The van der Waals surface area contributed by atoms with Crippen molar-refractivity contribution in [3.63, 3.8) is 0 Å². The molecule has 0 aliphatic heterocycles. The zero-order valence-electron chi connectivity index (χ0n) is 15.6. The van der Waals surface area contributed by atoms with Crippen LogP contribution in [0.1, 0.15) is 11.1 Å². The molecule has 0 aromatic heterocycles. The van der Waals surface area contributed by atoms with Gasteiger partial charge in [-0.1, -0.05) is 24.3 Å². The maximum absolute atomic E-state index is 14.6. The molecule has 0 aliphatic rings. The van der Waals surface area contributed by atoms with Crippen LogP contribution >= 0.6 is 15.9 Å². The summed E-state index contributed by atoms with van der Waals surface area (Å²) in [6.45, 7) is 0.821. The molecule has 0 atom stereocenters. The van der Waals surface area contributed by atoms with Crippen LogP contribution < -0.4 is 14.4 Å². The van der Waals surface area contributed by atoms with E-state index in [1.165, 1.54) is 6.07 Å². The molecule has 0 unspecified atom stereocenters. The van der Waals surface area contributed by atoms with Gasteiger partial charge in [-0.3, -0.25) is 0 Å². The summed E-state index contributed by atoms with van der Waals surface area (Å²) in [5.74, 6) is 0.485. The van der Waals surface area contributed by atoms with Crippen molar-refractivity contribution in [2.45, 2.75) is 13.1 Å². The van der Waals surface area contributed by atoms with Crippen LogP contribution in [0.25, 0.3) is 0 Å². The minimum absolute atomic E-state index is 0.0996. The lowest BCUT2D eigenvalue weighted by atomic mass is 10.1. The fourth-order valence-electron chi connectivity index (χ4n) is 2.88. The number of rotatable bonds is 7. The number of benzene rings is 3. The second-order valence-corrected chi connectivity index (χ2v) is 7.12. The predicted octanol–water partition coefficient (Wildman–Crippen LogP) is 5.95. The summed E-state index contributed by atoms with van der Waals surface area (Å²) < 4.78 is 39.2. The Morgan fingerprint density at radius 3 is 1.64 bits per heavy atom. The summed E-state index contributed by atoms with van der Waals surface area (Å²) in [6.07, 6.45) is 0. The van der Waals surface area contributed by atoms with E-state index < -0.39 is 11.6 Å². The van der Waals surface area contributed by atoms with Crippen molar-refractivity contribution in [2.24, 2.45) is 0 Å². The van der Waals surface area contributed by atoms with E-state index in [-0.39, 0.29) is 10.2 Å². The molecule has 6 heteroatoms. The Morgan fingerprint density at radius 1 is 0.750 bits per heavy atom. The van der Waals surface area contributed by atoms with Gasteiger partial charge >= 0.3 is 0 Å². The Bertz CT molecular complexity index is 881. The topological polar surface area (TPSA) is 21.7 Å². The second kappa shape index (κ2) is 9.06. The van der Waals surface area contributed by atoms with Crippen molar-refractivity contribution < 1.29 is 18.3 Å². The quantitative estimate of drug-likeness (QED) is 0.417. The first kappa shape index (κ1) is 20.1. The van der Waals surface area contributed by atoms with Gasteiger partial charge in [0, 0.05) is 19.2 Å². The first-order chi connectivity index (χ1) is 13.5. The smallest absolute Gasteiger partial charge is 0.147 e. The van der Waals surface area contributed by atoms with Gasteiger partial charge in [0.1, 0.15) is 23.1 Å². The molecule has 0 radical (unpaired) electrons. The van der Waals surface area contributed by atoms with Gasteiger partial charge in [0.2, 0.25) is 0 Å². The van der Waals surface area contributed by atoms with Crippen molar-refractivity contribution >= 4 is 21.6 Å². The van der Waals surface area contributed by atoms with Crippen LogP contribution in [0.3, 0.4) is 0 Å². The molecular weight excluding hydrogens is 428 g/mol. The van der Waals surface area contributed by atoms with E-state index in [0.29, 0.717) is 13.1 Å². The molecule has 0 bridgehead atoms. The maximum atomic E-state index is 14.6. The number of hydrogen-bond donors (Lipinski definition) is 0. The maximum Gasteiger partial charge on any atom is 0.147 e. The molecule has 0 fully saturated rings. The number of halogens is 3. The van der Waals surface area contributed by atoms with E-state index in [9.17, 15) is 8.78 Å². The summed E-state index contributed by atoms with van der Waals surface area (Å²) in [5.41, 5.74) is 2.11. The van der Waals surface area contributed by atoms with E-state index in [4.69, 9.17) is 9.47 Å². The third-order valence-electron chi connectivity index (χ3n) is 4.40. The van der Waals surface area contributed by atoms with Gasteiger partial charge in [-0.05, 0) is 57.4 Å². The average Bonchev–Trinajstić information content (AvgIpc) is 2.71. The molecule has 3 aromatic rings. The van der Waals surface area contributed by atoms with E-state index in [2.05, 4.69) is 15.9 Å². The summed E-state index contributed by atoms with van der Waals surface area (Å²) in [4.78, 5) is 1.80. The average molecular weight is 448 g/mol. The first-order valence-electron chi connectivity index (χ1n) is 8.65. The lowest BCUT2D eigenvalue weighted by Gasteiger charge is -2.26. The minimum Gasteiger partial charge on any atom is -0.497 e. The molecule has 146 valence electrons. The number of ether oxygens (including phenoxy) is 2. The summed E-state index contributed by atoms with van der Waals surface area (Å²) >= 11 is 3.03. The highest BCUT2D eigenvalue weighted by Crippen LogP contribution is 2.29. The highest BCUT2D eigenvalue weighted by Gasteiger charge is 2.16. The number of methoxy groups -OCH3 is 2. The SMILES string of the molecule is COc1ccc(CN(Cc2ccc(OC)cc2)c2cc(F)c(Br)cc2F)cc1. The lowest BCUT2D eigenvalue weighted by Crippen LogP contribution is -2.23. The van der Waals surface area contributed by atoms with Crippen molar-refractivity contribution in [3.05, 3.63) is 87.9 Å². The van der Waals surface area contributed by atoms with E-state index in [1.807, 2.05) is 48.5 Å². The van der Waals surface area contributed by atoms with Crippen LogP contribution in [-0.4, -0.2) is 14.2 Å². The predicted molar refractivity (Wildman–Crippen MR) is 110 cm³/mol. The Kier molecular flexibility index (Phi) is 6.52. The minimum atomic E-state index is -0.508. The monoisotopic (exact) mass is 447 g/mol. The zero-order valence-corrected chi connectivity index (χ0v) is 17.2. The van der Waals surface area contributed by atoms with Gasteiger partial charge in [0.05, 0.1) is 24.4 Å². The highest BCUT2D eigenvalue weighted by atomic mass is 79.9. The van der Waals surface area contributed by atoms with E-state index >= 15 is 0 Å². The first-order valence-corrected chi connectivity index (χ1v) is 9.45. The summed E-state index contributed by atoms with van der Waals surface area (Å²) in [5, 5.41) is 0. The molecular formula is C22H20BrF2NO2. The summed E-state index contributed by atoms with van der Waals surface area (Å²) in [7, 11) is 3.20. The standard InChI is InChI=1S/C22H20BrF2NO2/c1-27-17-7-3-15(4-8-17)13-26(14-16-5-9-18(28-2)10-6-16)22-12-20(24)19(23)11-21(22)25/h3-12H,13-14H2,1-2H3. The molecule has 0 saturated carbocycles. The van der Waals surface area contributed by atoms with Crippen LogP contribution in [0.2, 0.25) is 0 Å². The molecule has 0 heterocycles.